The molecule has 0 amide bonds. The van der Waals surface area contributed by atoms with E-state index in [4.69, 9.17) is 0 Å². The number of rotatable bonds is 3. The van der Waals surface area contributed by atoms with Gasteiger partial charge in [-0.15, -0.1) is 0 Å². The van der Waals surface area contributed by atoms with Crippen LogP contribution in [0.15, 0.2) is 152 Å². The highest BCUT2D eigenvalue weighted by atomic mass is 15.1. The largest absolute Gasteiger partial charge is 0.309 e. The van der Waals surface area contributed by atoms with Gasteiger partial charge in [-0.25, -0.2) is 0 Å². The summed E-state index contributed by atoms with van der Waals surface area (Å²) in [6, 6.07) is 56.9. The van der Waals surface area contributed by atoms with E-state index in [1.165, 1.54) is 93.9 Å². The van der Waals surface area contributed by atoms with Gasteiger partial charge in [-0.1, -0.05) is 155 Å². The Balaban J connectivity index is 1.36. The third-order valence-corrected chi connectivity index (χ3v) is 11.6. The van der Waals surface area contributed by atoms with E-state index in [2.05, 4.69) is 184 Å². The van der Waals surface area contributed by atoms with Gasteiger partial charge in [-0.2, -0.15) is 0 Å². The molecular formula is C48H37N. The number of hydrogen-bond donors (Lipinski definition) is 0. The fourth-order valence-electron chi connectivity index (χ4n) is 9.21. The first-order chi connectivity index (χ1) is 23.8. The van der Waals surface area contributed by atoms with E-state index < -0.39 is 0 Å². The van der Waals surface area contributed by atoms with Gasteiger partial charge >= 0.3 is 0 Å². The fraction of sp³-hybridized carbons (Fsp3) is 0.125. The summed E-state index contributed by atoms with van der Waals surface area (Å²) in [4.78, 5) is 2.58. The van der Waals surface area contributed by atoms with Crippen molar-refractivity contribution in [3.05, 3.63) is 174 Å². The molecule has 0 unspecified atom stereocenters. The molecule has 8 aromatic rings. The van der Waals surface area contributed by atoms with Gasteiger partial charge in [0.1, 0.15) is 0 Å². The lowest BCUT2D eigenvalue weighted by Gasteiger charge is -2.31. The van der Waals surface area contributed by atoms with Gasteiger partial charge in [0.15, 0.2) is 0 Å². The molecule has 2 aliphatic rings. The normalized spacial score (nSPS) is 14.9. The molecule has 49 heavy (non-hydrogen) atoms. The molecule has 1 nitrogen and oxygen atoms in total. The predicted octanol–water partition coefficient (Wildman–Crippen LogP) is 13.2. The van der Waals surface area contributed by atoms with Gasteiger partial charge in [-0.05, 0) is 90.1 Å². The van der Waals surface area contributed by atoms with Crippen LogP contribution in [0.2, 0.25) is 0 Å². The highest BCUT2D eigenvalue weighted by Gasteiger charge is 2.39. The Morgan fingerprint density at radius 2 is 1.00 bits per heavy atom. The van der Waals surface area contributed by atoms with Crippen LogP contribution in [0.5, 0.6) is 0 Å². The monoisotopic (exact) mass is 627 g/mol. The second-order valence-electron chi connectivity index (χ2n) is 14.9. The van der Waals surface area contributed by atoms with Crippen LogP contribution in [-0.4, -0.2) is 0 Å². The highest BCUT2D eigenvalue weighted by Crippen LogP contribution is 2.56. The van der Waals surface area contributed by atoms with Gasteiger partial charge < -0.3 is 4.90 Å². The SMILES string of the molecule is CC1(C)c2ccccc2-c2cc(N(c3cccc4c3-c3ccccc3C4(C)C)c3cc4ccccc4c4ccc5ccccc5c34)ccc21. The standard InChI is InChI=1S/C48H37N/c1-47(2)39-20-11-9-18-35(39)38-29-32(25-27-41(38)47)49(43-23-13-22-42-46(43)37-19-10-12-21-40(37)48(42,3)4)44-28-31-15-6-7-16-33(31)36-26-24-30-14-5-8-17-34(30)45(36)44/h5-29H,1-4H3. The average molecular weight is 628 g/mol. The quantitative estimate of drug-likeness (QED) is 0.176. The maximum atomic E-state index is 2.58. The molecule has 0 atom stereocenters. The second-order valence-corrected chi connectivity index (χ2v) is 14.9. The Morgan fingerprint density at radius 3 is 1.82 bits per heavy atom. The third-order valence-electron chi connectivity index (χ3n) is 11.6. The van der Waals surface area contributed by atoms with E-state index >= 15 is 0 Å². The topological polar surface area (TPSA) is 3.24 Å². The number of hydrogen-bond acceptors (Lipinski definition) is 1. The smallest absolute Gasteiger partial charge is 0.0552 e. The molecular weight excluding hydrogens is 591 g/mol. The lowest BCUT2D eigenvalue weighted by molar-refractivity contribution is 0.660. The molecule has 0 N–H and O–H groups in total. The van der Waals surface area contributed by atoms with Crippen LogP contribution in [-0.2, 0) is 10.8 Å². The summed E-state index contributed by atoms with van der Waals surface area (Å²) in [7, 11) is 0. The van der Waals surface area contributed by atoms with Gasteiger partial charge in [0.25, 0.3) is 0 Å². The van der Waals surface area contributed by atoms with E-state index in [0.29, 0.717) is 0 Å². The summed E-state index contributed by atoms with van der Waals surface area (Å²) in [5, 5.41) is 7.60. The maximum Gasteiger partial charge on any atom is 0.0552 e. The van der Waals surface area contributed by atoms with Crippen molar-refractivity contribution >= 4 is 49.4 Å². The molecule has 0 saturated carbocycles. The van der Waals surface area contributed by atoms with Gasteiger partial charge in [0.05, 0.1) is 11.4 Å². The van der Waals surface area contributed by atoms with Crippen molar-refractivity contribution in [3.8, 4) is 22.3 Å². The number of nitrogens with zero attached hydrogens (tertiary/aromatic N) is 1. The molecule has 8 aromatic carbocycles. The summed E-state index contributed by atoms with van der Waals surface area (Å²) in [5.41, 5.74) is 14.3. The van der Waals surface area contributed by atoms with Crippen molar-refractivity contribution < 1.29 is 0 Å². The van der Waals surface area contributed by atoms with Crippen LogP contribution in [0.25, 0.3) is 54.6 Å². The molecule has 0 radical (unpaired) electrons. The first-order valence-electron chi connectivity index (χ1n) is 17.5. The van der Waals surface area contributed by atoms with Gasteiger partial charge in [0.2, 0.25) is 0 Å². The fourth-order valence-corrected chi connectivity index (χ4v) is 9.21. The van der Waals surface area contributed by atoms with Crippen LogP contribution >= 0.6 is 0 Å². The number of benzene rings is 8. The van der Waals surface area contributed by atoms with Crippen LogP contribution in [0.3, 0.4) is 0 Å². The maximum absolute atomic E-state index is 2.58. The van der Waals surface area contributed by atoms with Crippen molar-refractivity contribution in [2.45, 2.75) is 38.5 Å². The third kappa shape index (κ3) is 3.82. The van der Waals surface area contributed by atoms with E-state index in [1.54, 1.807) is 0 Å². The van der Waals surface area contributed by atoms with Crippen molar-refractivity contribution in [1.29, 1.82) is 0 Å². The van der Waals surface area contributed by atoms with E-state index in [-0.39, 0.29) is 10.8 Å². The molecule has 0 saturated heterocycles. The summed E-state index contributed by atoms with van der Waals surface area (Å²) in [5.74, 6) is 0. The molecule has 234 valence electrons. The van der Waals surface area contributed by atoms with Crippen LogP contribution < -0.4 is 4.90 Å². The molecule has 10 rings (SSSR count). The van der Waals surface area contributed by atoms with Crippen molar-refractivity contribution in [2.75, 3.05) is 4.90 Å². The van der Waals surface area contributed by atoms with Gasteiger partial charge in [0, 0.05) is 27.5 Å². The molecule has 1 heteroatoms. The zero-order chi connectivity index (χ0) is 33.1. The van der Waals surface area contributed by atoms with Crippen molar-refractivity contribution in [3.63, 3.8) is 0 Å². The minimum atomic E-state index is -0.105. The van der Waals surface area contributed by atoms with Crippen molar-refractivity contribution in [1.82, 2.24) is 0 Å². The van der Waals surface area contributed by atoms with E-state index in [1.807, 2.05) is 0 Å². The molecule has 0 fully saturated rings. The van der Waals surface area contributed by atoms with Crippen molar-refractivity contribution in [2.24, 2.45) is 0 Å². The summed E-state index contributed by atoms with van der Waals surface area (Å²) in [6.07, 6.45) is 0. The van der Waals surface area contributed by atoms with Crippen LogP contribution in [0.4, 0.5) is 17.1 Å². The Kier molecular flexibility index (Phi) is 5.75. The molecule has 0 aromatic heterocycles. The molecule has 0 spiro atoms. The summed E-state index contributed by atoms with van der Waals surface area (Å²) in [6.45, 7) is 9.47. The average Bonchev–Trinajstić information content (AvgIpc) is 3.51. The Morgan fingerprint density at radius 1 is 0.388 bits per heavy atom. The first kappa shape index (κ1) is 28.4. The highest BCUT2D eigenvalue weighted by molar-refractivity contribution is 6.24. The predicted molar refractivity (Wildman–Crippen MR) is 209 cm³/mol. The minimum absolute atomic E-state index is 0.0574. The van der Waals surface area contributed by atoms with Gasteiger partial charge in [-0.3, -0.25) is 0 Å². The summed E-state index contributed by atoms with van der Waals surface area (Å²) < 4.78 is 0. The van der Waals surface area contributed by atoms with E-state index in [0.717, 1.165) is 0 Å². The molecule has 2 aliphatic carbocycles. The Labute approximate surface area is 288 Å². The lowest BCUT2D eigenvalue weighted by Crippen LogP contribution is -2.17. The van der Waals surface area contributed by atoms with E-state index in [9.17, 15) is 0 Å². The number of anilines is 3. The Bertz CT molecular complexity index is 2670. The summed E-state index contributed by atoms with van der Waals surface area (Å²) >= 11 is 0. The first-order valence-corrected chi connectivity index (χ1v) is 17.5. The molecule has 0 heterocycles. The molecule has 0 aliphatic heterocycles. The molecule has 0 bridgehead atoms. The lowest BCUT2D eigenvalue weighted by atomic mass is 9.82. The second kappa shape index (κ2) is 9.94. The number of fused-ring (bicyclic) bond motifs is 11. The zero-order valence-corrected chi connectivity index (χ0v) is 28.4. The zero-order valence-electron chi connectivity index (χ0n) is 28.4. The van der Waals surface area contributed by atoms with Crippen LogP contribution in [0.1, 0.15) is 49.9 Å². The Hall–Kier alpha value is -5.66. The van der Waals surface area contributed by atoms with Crippen LogP contribution in [0, 0.1) is 0 Å². The minimum Gasteiger partial charge on any atom is -0.309 e.